The molecule has 0 amide bonds. The summed E-state index contributed by atoms with van der Waals surface area (Å²) in [6.07, 6.45) is 2.30. The van der Waals surface area contributed by atoms with E-state index in [4.69, 9.17) is 4.74 Å². The predicted molar refractivity (Wildman–Crippen MR) is 88.7 cm³/mol. The Balaban J connectivity index is 1.96. The molecule has 1 heterocycles. The molecule has 0 saturated carbocycles. The third-order valence-electron chi connectivity index (χ3n) is 4.13. The van der Waals surface area contributed by atoms with Crippen molar-refractivity contribution in [3.8, 4) is 0 Å². The van der Waals surface area contributed by atoms with Crippen LogP contribution in [0.3, 0.4) is 0 Å². The van der Waals surface area contributed by atoms with Gasteiger partial charge in [-0.2, -0.15) is 0 Å². The van der Waals surface area contributed by atoms with Crippen LogP contribution in [0.5, 0.6) is 0 Å². The number of hydrogen-bond acceptors (Lipinski definition) is 3. The SMILES string of the molecule is CNC(CN1CCCOCC1)c1ccc(CC(C)C)cc1. The van der Waals surface area contributed by atoms with Crippen LogP contribution in [0.1, 0.15) is 37.4 Å². The normalized spacial score (nSPS) is 18.7. The Bertz CT molecular complexity index is 394. The molecule has 1 saturated heterocycles. The fraction of sp³-hybridized carbons (Fsp3) is 0.667. The Morgan fingerprint density at radius 2 is 1.90 bits per heavy atom. The number of likely N-dealkylation sites (N-methyl/N-ethyl adjacent to an activating group) is 1. The average Bonchev–Trinajstić information content (AvgIpc) is 2.74. The second-order valence-corrected chi connectivity index (χ2v) is 6.45. The summed E-state index contributed by atoms with van der Waals surface area (Å²) in [6.45, 7) is 9.56. The van der Waals surface area contributed by atoms with E-state index in [0.717, 1.165) is 45.7 Å². The zero-order valence-corrected chi connectivity index (χ0v) is 13.8. The summed E-state index contributed by atoms with van der Waals surface area (Å²) >= 11 is 0. The Morgan fingerprint density at radius 3 is 2.57 bits per heavy atom. The van der Waals surface area contributed by atoms with Gasteiger partial charge in [0.15, 0.2) is 0 Å². The van der Waals surface area contributed by atoms with E-state index in [1.54, 1.807) is 0 Å². The second-order valence-electron chi connectivity index (χ2n) is 6.45. The highest BCUT2D eigenvalue weighted by molar-refractivity contribution is 5.25. The fourth-order valence-electron chi connectivity index (χ4n) is 2.96. The van der Waals surface area contributed by atoms with E-state index in [2.05, 4.69) is 55.4 Å². The lowest BCUT2D eigenvalue weighted by Gasteiger charge is -2.26. The monoisotopic (exact) mass is 290 g/mol. The summed E-state index contributed by atoms with van der Waals surface area (Å²) < 4.78 is 5.54. The smallest absolute Gasteiger partial charge is 0.0593 e. The van der Waals surface area contributed by atoms with Gasteiger partial charge in [-0.1, -0.05) is 38.1 Å². The molecule has 2 rings (SSSR count). The van der Waals surface area contributed by atoms with Gasteiger partial charge in [0.2, 0.25) is 0 Å². The van der Waals surface area contributed by atoms with Gasteiger partial charge in [0.1, 0.15) is 0 Å². The Kier molecular flexibility index (Phi) is 6.68. The number of nitrogens with zero attached hydrogens (tertiary/aromatic N) is 1. The molecule has 0 aliphatic carbocycles. The number of nitrogens with one attached hydrogen (secondary N) is 1. The van der Waals surface area contributed by atoms with Crippen molar-refractivity contribution in [1.82, 2.24) is 10.2 Å². The molecular weight excluding hydrogens is 260 g/mol. The van der Waals surface area contributed by atoms with Gasteiger partial charge in [0.05, 0.1) is 6.61 Å². The fourth-order valence-corrected chi connectivity index (χ4v) is 2.96. The summed E-state index contributed by atoms with van der Waals surface area (Å²) in [4.78, 5) is 2.51. The van der Waals surface area contributed by atoms with E-state index in [1.807, 2.05) is 0 Å². The van der Waals surface area contributed by atoms with Gasteiger partial charge in [-0.15, -0.1) is 0 Å². The van der Waals surface area contributed by atoms with Crippen molar-refractivity contribution >= 4 is 0 Å². The predicted octanol–water partition coefficient (Wildman–Crippen LogP) is 2.87. The zero-order chi connectivity index (χ0) is 15.1. The molecule has 1 aromatic carbocycles. The van der Waals surface area contributed by atoms with Crippen LogP contribution in [0, 0.1) is 5.92 Å². The largest absolute Gasteiger partial charge is 0.380 e. The number of hydrogen-bond donors (Lipinski definition) is 1. The lowest BCUT2D eigenvalue weighted by molar-refractivity contribution is 0.139. The molecule has 0 radical (unpaired) electrons. The molecule has 0 bridgehead atoms. The van der Waals surface area contributed by atoms with Crippen molar-refractivity contribution in [3.05, 3.63) is 35.4 Å². The third kappa shape index (κ3) is 5.42. The molecule has 0 aromatic heterocycles. The van der Waals surface area contributed by atoms with Crippen LogP contribution in [0.25, 0.3) is 0 Å². The van der Waals surface area contributed by atoms with Gasteiger partial charge in [0.25, 0.3) is 0 Å². The molecule has 1 N–H and O–H groups in total. The maximum absolute atomic E-state index is 5.54. The van der Waals surface area contributed by atoms with Crippen LogP contribution in [0.4, 0.5) is 0 Å². The van der Waals surface area contributed by atoms with Crippen molar-refractivity contribution in [2.45, 2.75) is 32.7 Å². The minimum Gasteiger partial charge on any atom is -0.380 e. The standard InChI is InChI=1S/C18H30N2O/c1-15(2)13-16-5-7-17(8-6-16)18(19-3)14-20-9-4-11-21-12-10-20/h5-8,15,18-19H,4,9-14H2,1-3H3. The minimum absolute atomic E-state index is 0.399. The molecule has 1 aliphatic rings. The Hall–Kier alpha value is -0.900. The van der Waals surface area contributed by atoms with Crippen LogP contribution >= 0.6 is 0 Å². The minimum atomic E-state index is 0.399. The molecular formula is C18H30N2O. The van der Waals surface area contributed by atoms with Gasteiger partial charge < -0.3 is 10.1 Å². The van der Waals surface area contributed by atoms with E-state index in [-0.39, 0.29) is 0 Å². The molecule has 1 atom stereocenters. The first-order chi connectivity index (χ1) is 10.2. The highest BCUT2D eigenvalue weighted by Gasteiger charge is 2.16. The van der Waals surface area contributed by atoms with E-state index < -0.39 is 0 Å². The summed E-state index contributed by atoms with van der Waals surface area (Å²) in [5.41, 5.74) is 2.82. The van der Waals surface area contributed by atoms with Crippen LogP contribution in [0.15, 0.2) is 24.3 Å². The number of ether oxygens (including phenoxy) is 1. The molecule has 1 aliphatic heterocycles. The van der Waals surface area contributed by atoms with Gasteiger partial charge in [-0.25, -0.2) is 0 Å². The average molecular weight is 290 g/mol. The highest BCUT2D eigenvalue weighted by Crippen LogP contribution is 2.17. The van der Waals surface area contributed by atoms with Crippen LogP contribution in [-0.2, 0) is 11.2 Å². The van der Waals surface area contributed by atoms with Crippen molar-refractivity contribution in [3.63, 3.8) is 0 Å². The maximum atomic E-state index is 5.54. The first-order valence-corrected chi connectivity index (χ1v) is 8.25. The first kappa shape index (κ1) is 16.5. The lowest BCUT2D eigenvalue weighted by Crippen LogP contribution is -2.35. The molecule has 1 fully saturated rings. The molecule has 3 nitrogen and oxygen atoms in total. The van der Waals surface area contributed by atoms with E-state index in [1.165, 1.54) is 11.1 Å². The number of rotatable bonds is 6. The summed E-state index contributed by atoms with van der Waals surface area (Å²) in [7, 11) is 2.06. The van der Waals surface area contributed by atoms with Crippen LogP contribution in [-0.4, -0.2) is 44.8 Å². The van der Waals surface area contributed by atoms with Gasteiger partial charge >= 0.3 is 0 Å². The van der Waals surface area contributed by atoms with Crippen molar-refractivity contribution in [2.24, 2.45) is 5.92 Å². The third-order valence-corrected chi connectivity index (χ3v) is 4.13. The second kappa shape index (κ2) is 8.52. The van der Waals surface area contributed by atoms with Crippen LogP contribution < -0.4 is 5.32 Å². The molecule has 1 aromatic rings. The molecule has 21 heavy (non-hydrogen) atoms. The van der Waals surface area contributed by atoms with Gasteiger partial charge in [0, 0.05) is 32.3 Å². The van der Waals surface area contributed by atoms with E-state index >= 15 is 0 Å². The van der Waals surface area contributed by atoms with Crippen molar-refractivity contribution in [1.29, 1.82) is 0 Å². The lowest BCUT2D eigenvalue weighted by atomic mass is 9.99. The van der Waals surface area contributed by atoms with E-state index in [9.17, 15) is 0 Å². The van der Waals surface area contributed by atoms with Gasteiger partial charge in [-0.3, -0.25) is 4.90 Å². The molecule has 3 heteroatoms. The Morgan fingerprint density at radius 1 is 1.14 bits per heavy atom. The Labute approximate surface area is 129 Å². The first-order valence-electron chi connectivity index (χ1n) is 8.25. The topological polar surface area (TPSA) is 24.5 Å². The maximum Gasteiger partial charge on any atom is 0.0593 e. The van der Waals surface area contributed by atoms with E-state index in [0.29, 0.717) is 12.0 Å². The number of benzene rings is 1. The van der Waals surface area contributed by atoms with Crippen molar-refractivity contribution in [2.75, 3.05) is 39.9 Å². The molecule has 0 spiro atoms. The highest BCUT2D eigenvalue weighted by atomic mass is 16.5. The van der Waals surface area contributed by atoms with Crippen molar-refractivity contribution < 1.29 is 4.74 Å². The zero-order valence-electron chi connectivity index (χ0n) is 13.8. The molecule has 118 valence electrons. The molecule has 1 unspecified atom stereocenters. The van der Waals surface area contributed by atoms with Crippen LogP contribution in [0.2, 0.25) is 0 Å². The summed E-state index contributed by atoms with van der Waals surface area (Å²) in [5.74, 6) is 0.716. The van der Waals surface area contributed by atoms with Gasteiger partial charge in [-0.05, 0) is 36.9 Å². The summed E-state index contributed by atoms with van der Waals surface area (Å²) in [5, 5.41) is 3.46. The quantitative estimate of drug-likeness (QED) is 0.872. The summed E-state index contributed by atoms with van der Waals surface area (Å²) in [6, 6.07) is 9.53.